The molecule has 0 aromatic carbocycles. The molecule has 0 saturated carbocycles. The number of nitriles is 1. The van der Waals surface area contributed by atoms with E-state index in [0.717, 1.165) is 0 Å². The van der Waals surface area contributed by atoms with Crippen LogP contribution in [0, 0.1) is 34.5 Å². The predicted molar refractivity (Wildman–Crippen MR) is 67.5 cm³/mol. The van der Waals surface area contributed by atoms with Crippen molar-refractivity contribution in [2.24, 2.45) is 23.2 Å². The van der Waals surface area contributed by atoms with Crippen molar-refractivity contribution < 1.29 is 17.3 Å². The van der Waals surface area contributed by atoms with E-state index >= 15 is 0 Å². The van der Waals surface area contributed by atoms with Gasteiger partial charge in [0.25, 0.3) is 10.1 Å². The highest BCUT2D eigenvalue weighted by atomic mass is 32.2. The minimum Gasteiger partial charge on any atom is -0.369 e. The van der Waals surface area contributed by atoms with Gasteiger partial charge in [-0.25, -0.2) is 0 Å². The smallest absolute Gasteiger partial charge is 0.274 e. The van der Waals surface area contributed by atoms with Crippen LogP contribution in [0.2, 0.25) is 0 Å². The summed E-state index contributed by atoms with van der Waals surface area (Å²) in [5.41, 5.74) is -0.398. The molecule has 5 unspecified atom stereocenters. The first-order valence-corrected chi connectivity index (χ1v) is 8.22. The van der Waals surface area contributed by atoms with E-state index in [2.05, 4.69) is 33.8 Å². The second-order valence-corrected chi connectivity index (χ2v) is 8.18. The summed E-state index contributed by atoms with van der Waals surface area (Å²) in [6.45, 7) is 8.23. The minimum atomic E-state index is -3.68. The topological polar surface area (TPSA) is 76.4 Å². The van der Waals surface area contributed by atoms with E-state index in [1.807, 2.05) is 0 Å². The SMILES string of the molecule is CC(C)C1(C(C)C)C2OC3C1OS(=O)(=O)C3C2C#N. The van der Waals surface area contributed by atoms with Gasteiger partial charge in [-0.2, -0.15) is 13.7 Å². The molecule has 0 amide bonds. The first kappa shape index (κ1) is 13.3. The summed E-state index contributed by atoms with van der Waals surface area (Å²) in [7, 11) is -3.68. The van der Waals surface area contributed by atoms with E-state index in [4.69, 9.17) is 8.92 Å². The fraction of sp³-hybridized carbons (Fsp3) is 0.923. The third-order valence-electron chi connectivity index (χ3n) is 5.31. The lowest BCUT2D eigenvalue weighted by molar-refractivity contribution is -0.0428. The predicted octanol–water partition coefficient (Wildman–Crippen LogP) is 1.30. The Labute approximate surface area is 114 Å². The molecule has 106 valence electrons. The van der Waals surface area contributed by atoms with Gasteiger partial charge >= 0.3 is 0 Å². The van der Waals surface area contributed by atoms with Crippen molar-refractivity contribution in [3.63, 3.8) is 0 Å². The van der Waals surface area contributed by atoms with E-state index in [1.165, 1.54) is 0 Å². The average Bonchev–Trinajstić information content (AvgIpc) is 2.85. The monoisotopic (exact) mass is 285 g/mol. The van der Waals surface area contributed by atoms with Gasteiger partial charge in [0.15, 0.2) is 0 Å². The van der Waals surface area contributed by atoms with Crippen molar-refractivity contribution >= 4 is 10.1 Å². The van der Waals surface area contributed by atoms with Crippen LogP contribution >= 0.6 is 0 Å². The zero-order valence-electron chi connectivity index (χ0n) is 11.5. The number of hydrogen-bond acceptors (Lipinski definition) is 5. The minimum absolute atomic E-state index is 0.192. The van der Waals surface area contributed by atoms with Gasteiger partial charge in [-0.05, 0) is 11.8 Å². The summed E-state index contributed by atoms with van der Waals surface area (Å²) in [5.74, 6) is -0.228. The van der Waals surface area contributed by atoms with E-state index in [1.54, 1.807) is 0 Å². The molecule has 0 aliphatic carbocycles. The number of fused-ring (bicyclic) bond motifs is 1. The third-order valence-corrected chi connectivity index (χ3v) is 7.02. The van der Waals surface area contributed by atoms with Gasteiger partial charge in [0.2, 0.25) is 0 Å². The van der Waals surface area contributed by atoms with Crippen LogP contribution in [-0.4, -0.2) is 32.0 Å². The Morgan fingerprint density at radius 1 is 1.16 bits per heavy atom. The maximum absolute atomic E-state index is 12.1. The molecule has 3 rings (SSSR count). The lowest BCUT2D eigenvalue weighted by Gasteiger charge is -2.45. The molecule has 2 bridgehead atoms. The number of rotatable bonds is 2. The molecule has 3 heterocycles. The number of hydrogen-bond donors (Lipinski definition) is 0. The zero-order chi connectivity index (χ0) is 14.2. The maximum atomic E-state index is 12.1. The maximum Gasteiger partial charge on any atom is 0.274 e. The average molecular weight is 285 g/mol. The molecular formula is C13H19NO4S. The number of nitrogens with zero attached hydrogens (tertiary/aromatic N) is 1. The summed E-state index contributed by atoms with van der Waals surface area (Å²) in [6.07, 6.45) is -1.24. The largest absolute Gasteiger partial charge is 0.369 e. The summed E-state index contributed by atoms with van der Waals surface area (Å²) in [6, 6.07) is 2.16. The van der Waals surface area contributed by atoms with E-state index in [0.29, 0.717) is 0 Å². The first-order chi connectivity index (χ1) is 8.78. The second-order valence-electron chi connectivity index (χ2n) is 6.46. The Morgan fingerprint density at radius 2 is 1.74 bits per heavy atom. The van der Waals surface area contributed by atoms with Gasteiger partial charge in [0, 0.05) is 5.41 Å². The summed E-state index contributed by atoms with van der Waals surface area (Å²) < 4.78 is 35.6. The molecule has 5 nitrogen and oxygen atoms in total. The molecule has 3 fully saturated rings. The molecule has 0 spiro atoms. The summed E-state index contributed by atoms with van der Waals surface area (Å²) in [4.78, 5) is 0. The van der Waals surface area contributed by atoms with Crippen molar-refractivity contribution in [3.8, 4) is 6.07 Å². The summed E-state index contributed by atoms with van der Waals surface area (Å²) >= 11 is 0. The molecule has 0 aromatic heterocycles. The second kappa shape index (κ2) is 3.72. The fourth-order valence-corrected chi connectivity index (χ4v) is 6.43. The quantitative estimate of drug-likeness (QED) is 0.715. The number of ether oxygens (including phenoxy) is 1. The molecule has 3 aliphatic heterocycles. The van der Waals surface area contributed by atoms with Crippen LogP contribution in [0.15, 0.2) is 0 Å². The van der Waals surface area contributed by atoms with Crippen LogP contribution in [0.25, 0.3) is 0 Å². The van der Waals surface area contributed by atoms with Crippen molar-refractivity contribution in [2.45, 2.75) is 51.3 Å². The highest BCUT2D eigenvalue weighted by Gasteiger charge is 2.77. The van der Waals surface area contributed by atoms with Gasteiger partial charge in [0.05, 0.1) is 18.1 Å². The van der Waals surface area contributed by atoms with E-state index < -0.39 is 38.9 Å². The van der Waals surface area contributed by atoms with Crippen molar-refractivity contribution in [1.82, 2.24) is 0 Å². The van der Waals surface area contributed by atoms with E-state index in [9.17, 15) is 13.7 Å². The van der Waals surface area contributed by atoms with Crippen LogP contribution in [-0.2, 0) is 19.0 Å². The van der Waals surface area contributed by atoms with Crippen molar-refractivity contribution in [2.75, 3.05) is 0 Å². The Balaban J connectivity index is 2.20. The van der Waals surface area contributed by atoms with E-state index in [-0.39, 0.29) is 17.9 Å². The van der Waals surface area contributed by atoms with Gasteiger partial charge < -0.3 is 4.74 Å². The van der Waals surface area contributed by atoms with Crippen molar-refractivity contribution in [1.29, 1.82) is 5.26 Å². The lowest BCUT2D eigenvalue weighted by Crippen LogP contribution is -2.55. The van der Waals surface area contributed by atoms with Crippen LogP contribution in [0.1, 0.15) is 27.7 Å². The molecule has 5 atom stereocenters. The van der Waals surface area contributed by atoms with Gasteiger partial charge in [-0.15, -0.1) is 0 Å². The third kappa shape index (κ3) is 1.29. The molecular weight excluding hydrogens is 266 g/mol. The molecule has 0 N–H and O–H groups in total. The molecule has 0 aromatic rings. The Bertz CT molecular complexity index is 539. The fourth-order valence-electron chi connectivity index (χ4n) is 4.64. The molecule has 6 heteroatoms. The van der Waals surface area contributed by atoms with Gasteiger partial charge in [-0.1, -0.05) is 27.7 Å². The van der Waals surface area contributed by atoms with Gasteiger partial charge in [-0.3, -0.25) is 4.18 Å². The van der Waals surface area contributed by atoms with Crippen molar-refractivity contribution in [3.05, 3.63) is 0 Å². The van der Waals surface area contributed by atoms with Crippen LogP contribution in [0.4, 0.5) is 0 Å². The van der Waals surface area contributed by atoms with Crippen LogP contribution < -0.4 is 0 Å². The molecule has 3 saturated heterocycles. The molecule has 3 aliphatic rings. The Kier molecular flexibility index (Phi) is 2.61. The normalized spacial score (nSPS) is 45.0. The molecule has 19 heavy (non-hydrogen) atoms. The Morgan fingerprint density at radius 3 is 2.21 bits per heavy atom. The highest BCUT2D eigenvalue weighted by molar-refractivity contribution is 7.87. The lowest BCUT2D eigenvalue weighted by atomic mass is 9.57. The standard InChI is InChI=1S/C13H19NO4S/c1-6(2)13(7(3)4)11-8(5-14)10-9(17-11)12(13)18-19(10,15)16/h6-12H,1-4H3. The summed E-state index contributed by atoms with van der Waals surface area (Å²) in [5, 5.41) is 8.59. The van der Waals surface area contributed by atoms with Crippen LogP contribution in [0.3, 0.4) is 0 Å². The zero-order valence-corrected chi connectivity index (χ0v) is 12.3. The first-order valence-electron chi connectivity index (χ1n) is 6.75. The highest BCUT2D eigenvalue weighted by Crippen LogP contribution is 2.63. The van der Waals surface area contributed by atoms with Gasteiger partial charge in [0.1, 0.15) is 17.5 Å². The molecule has 0 radical (unpaired) electrons. The van der Waals surface area contributed by atoms with Crippen LogP contribution in [0.5, 0.6) is 0 Å². The Hall–Kier alpha value is -0.640.